The van der Waals surface area contributed by atoms with Crippen LogP contribution in [0.4, 0.5) is 0 Å². The zero-order chi connectivity index (χ0) is 9.40. The molecular weight excluding hydrogens is 194 g/mol. The molecule has 0 radical (unpaired) electrons. The molecule has 0 saturated heterocycles. The quantitative estimate of drug-likeness (QED) is 0.333. The minimum atomic E-state index is -0.857. The van der Waals surface area contributed by atoms with E-state index >= 15 is 0 Å². The second-order valence-corrected chi connectivity index (χ2v) is 3.58. The number of carbonyl (C=O) groups is 1. The van der Waals surface area contributed by atoms with Gasteiger partial charge in [-0.2, -0.15) is 11.8 Å². The second kappa shape index (κ2) is 7.52. The van der Waals surface area contributed by atoms with Gasteiger partial charge in [0.05, 0.1) is 0 Å². The third-order valence-corrected chi connectivity index (χ3v) is 2.55. The van der Waals surface area contributed by atoms with Crippen molar-refractivity contribution in [3.05, 3.63) is 12.7 Å². The van der Waals surface area contributed by atoms with Gasteiger partial charge >= 0.3 is 5.97 Å². The molecule has 2 N–H and O–H groups in total. The molecule has 0 aromatic rings. The molecule has 0 aromatic carbocycles. The molecule has 0 rings (SSSR count). The first-order valence-electron chi connectivity index (χ1n) is 3.53. The molecule has 0 aromatic heterocycles. The smallest absolute Gasteiger partial charge is 0.321 e. The maximum Gasteiger partial charge on any atom is 0.321 e. The summed E-state index contributed by atoms with van der Waals surface area (Å²) in [7, 11) is 0. The van der Waals surface area contributed by atoms with E-state index in [-0.39, 0.29) is 0 Å². The molecule has 12 heavy (non-hydrogen) atoms. The van der Waals surface area contributed by atoms with Crippen molar-refractivity contribution >= 4 is 30.5 Å². The Morgan fingerprint density at radius 3 is 2.92 bits per heavy atom. The van der Waals surface area contributed by atoms with Crippen molar-refractivity contribution in [3.8, 4) is 0 Å². The van der Waals surface area contributed by atoms with Crippen LogP contribution in [0.5, 0.6) is 0 Å². The van der Waals surface area contributed by atoms with Crippen LogP contribution in [0.2, 0.25) is 0 Å². The van der Waals surface area contributed by atoms with Crippen molar-refractivity contribution in [1.29, 1.82) is 0 Å². The summed E-state index contributed by atoms with van der Waals surface area (Å²) in [6.07, 6.45) is 2.38. The SMILES string of the molecule is C=CCSCC[C@H](NS)C(=O)O. The van der Waals surface area contributed by atoms with Gasteiger partial charge in [0, 0.05) is 5.75 Å². The minimum Gasteiger partial charge on any atom is -0.480 e. The van der Waals surface area contributed by atoms with Crippen LogP contribution >= 0.6 is 24.6 Å². The molecule has 0 aliphatic rings. The second-order valence-electron chi connectivity index (χ2n) is 2.17. The Bertz CT molecular complexity index is 152. The topological polar surface area (TPSA) is 49.3 Å². The van der Waals surface area contributed by atoms with Gasteiger partial charge in [-0.1, -0.05) is 18.9 Å². The van der Waals surface area contributed by atoms with Crippen LogP contribution in [-0.2, 0) is 4.79 Å². The molecule has 0 unspecified atom stereocenters. The Hall–Kier alpha value is -0.130. The maximum absolute atomic E-state index is 10.5. The number of hydrogen-bond acceptors (Lipinski definition) is 4. The van der Waals surface area contributed by atoms with E-state index in [1.165, 1.54) is 0 Å². The molecule has 0 spiro atoms. The Morgan fingerprint density at radius 2 is 2.50 bits per heavy atom. The standard InChI is InChI=1S/C7H13NO2S2/c1-2-4-12-5-3-6(8-11)7(9)10/h2,6,8,11H,1,3-5H2,(H,9,10)/t6-/m0/s1. The predicted octanol–water partition coefficient (Wildman–Crippen LogP) is 1.18. The molecule has 5 heteroatoms. The van der Waals surface area contributed by atoms with E-state index in [4.69, 9.17) is 5.11 Å². The first kappa shape index (κ1) is 11.9. The number of rotatable bonds is 7. The van der Waals surface area contributed by atoms with Gasteiger partial charge in [0.25, 0.3) is 0 Å². The summed E-state index contributed by atoms with van der Waals surface area (Å²) < 4.78 is 2.43. The lowest BCUT2D eigenvalue weighted by Gasteiger charge is -2.08. The van der Waals surface area contributed by atoms with E-state index in [1.54, 1.807) is 17.8 Å². The van der Waals surface area contributed by atoms with Gasteiger partial charge in [0.15, 0.2) is 0 Å². The lowest BCUT2D eigenvalue weighted by Crippen LogP contribution is -2.31. The molecule has 0 fully saturated rings. The number of thioether (sulfide) groups is 1. The molecule has 3 nitrogen and oxygen atoms in total. The summed E-state index contributed by atoms with van der Waals surface area (Å²) in [6, 6.07) is -0.550. The summed E-state index contributed by atoms with van der Waals surface area (Å²) in [6.45, 7) is 3.56. The van der Waals surface area contributed by atoms with Gasteiger partial charge in [-0.15, -0.1) is 6.58 Å². The Kier molecular flexibility index (Phi) is 7.43. The number of thiol groups is 1. The van der Waals surface area contributed by atoms with Crippen molar-refractivity contribution in [2.75, 3.05) is 11.5 Å². The van der Waals surface area contributed by atoms with Gasteiger partial charge in [-0.05, 0) is 12.2 Å². The van der Waals surface area contributed by atoms with Crippen molar-refractivity contribution < 1.29 is 9.90 Å². The Labute approximate surface area is 82.2 Å². The molecule has 0 amide bonds. The van der Waals surface area contributed by atoms with Crippen LogP contribution in [0.25, 0.3) is 0 Å². The van der Waals surface area contributed by atoms with Crippen LogP contribution in [-0.4, -0.2) is 28.6 Å². The van der Waals surface area contributed by atoms with Crippen molar-refractivity contribution in [2.24, 2.45) is 0 Å². The fourth-order valence-electron chi connectivity index (χ4n) is 0.611. The van der Waals surface area contributed by atoms with Crippen LogP contribution in [0.15, 0.2) is 12.7 Å². The van der Waals surface area contributed by atoms with Crippen LogP contribution < -0.4 is 4.72 Å². The third kappa shape index (κ3) is 5.51. The summed E-state index contributed by atoms with van der Waals surface area (Å²) in [4.78, 5) is 10.5. The normalized spacial score (nSPS) is 12.4. The summed E-state index contributed by atoms with van der Waals surface area (Å²) >= 11 is 5.38. The number of aliphatic carboxylic acids is 1. The Balaban J connectivity index is 3.44. The highest BCUT2D eigenvalue weighted by molar-refractivity contribution is 7.99. The van der Waals surface area contributed by atoms with Crippen LogP contribution in [0.1, 0.15) is 6.42 Å². The lowest BCUT2D eigenvalue weighted by molar-refractivity contribution is -0.138. The van der Waals surface area contributed by atoms with Gasteiger partial charge in [-0.25, -0.2) is 0 Å². The van der Waals surface area contributed by atoms with Gasteiger partial charge < -0.3 is 5.11 Å². The monoisotopic (exact) mass is 207 g/mol. The molecule has 0 bridgehead atoms. The number of hydrogen-bond donors (Lipinski definition) is 3. The minimum absolute atomic E-state index is 0.550. The predicted molar refractivity (Wildman–Crippen MR) is 55.7 cm³/mol. The molecule has 0 heterocycles. The molecule has 0 saturated carbocycles. The van der Waals surface area contributed by atoms with E-state index in [2.05, 4.69) is 24.1 Å². The maximum atomic E-state index is 10.5. The van der Waals surface area contributed by atoms with E-state index in [0.717, 1.165) is 11.5 Å². The summed E-state index contributed by atoms with van der Waals surface area (Å²) in [5.41, 5.74) is 0. The van der Waals surface area contributed by atoms with E-state index in [0.29, 0.717) is 6.42 Å². The highest BCUT2D eigenvalue weighted by Crippen LogP contribution is 2.05. The fourth-order valence-corrected chi connectivity index (χ4v) is 1.59. The molecule has 70 valence electrons. The average Bonchev–Trinajstić information content (AvgIpc) is 2.04. The van der Waals surface area contributed by atoms with Gasteiger partial charge in [-0.3, -0.25) is 9.52 Å². The Morgan fingerprint density at radius 1 is 1.83 bits per heavy atom. The summed E-state index contributed by atoms with van der Waals surface area (Å²) in [5, 5.41) is 8.59. The first-order chi connectivity index (χ1) is 5.72. The zero-order valence-electron chi connectivity index (χ0n) is 6.69. The molecule has 0 aliphatic heterocycles. The first-order valence-corrected chi connectivity index (χ1v) is 5.13. The van der Waals surface area contributed by atoms with Crippen LogP contribution in [0, 0.1) is 0 Å². The lowest BCUT2D eigenvalue weighted by atomic mass is 10.2. The number of carboxylic acids is 1. The van der Waals surface area contributed by atoms with E-state index in [9.17, 15) is 4.79 Å². The average molecular weight is 207 g/mol. The number of nitrogens with one attached hydrogen (secondary N) is 1. The van der Waals surface area contributed by atoms with Gasteiger partial charge in [0.1, 0.15) is 6.04 Å². The molecular formula is C7H13NO2S2. The molecule has 0 aliphatic carbocycles. The van der Waals surface area contributed by atoms with Crippen LogP contribution in [0.3, 0.4) is 0 Å². The summed E-state index contributed by atoms with van der Waals surface area (Å²) in [5.74, 6) is 0.805. The molecule has 1 atom stereocenters. The largest absolute Gasteiger partial charge is 0.480 e. The van der Waals surface area contributed by atoms with E-state index < -0.39 is 12.0 Å². The fraction of sp³-hybridized carbons (Fsp3) is 0.571. The third-order valence-electron chi connectivity index (χ3n) is 1.24. The van der Waals surface area contributed by atoms with E-state index in [1.807, 2.05) is 0 Å². The van der Waals surface area contributed by atoms with Crippen molar-refractivity contribution in [1.82, 2.24) is 4.72 Å². The zero-order valence-corrected chi connectivity index (χ0v) is 8.40. The number of carboxylic acid groups (broad SMARTS) is 1. The van der Waals surface area contributed by atoms with Gasteiger partial charge in [0.2, 0.25) is 0 Å². The highest BCUT2D eigenvalue weighted by Gasteiger charge is 2.13. The highest BCUT2D eigenvalue weighted by atomic mass is 32.2. The van der Waals surface area contributed by atoms with Crippen molar-refractivity contribution in [3.63, 3.8) is 0 Å². The van der Waals surface area contributed by atoms with Crippen molar-refractivity contribution in [2.45, 2.75) is 12.5 Å².